The lowest BCUT2D eigenvalue weighted by molar-refractivity contribution is -0.529. The molecule has 0 saturated carbocycles. The van der Waals surface area contributed by atoms with Crippen molar-refractivity contribution >= 4 is 21.1 Å². The maximum atomic E-state index is 11.5. The van der Waals surface area contributed by atoms with Gasteiger partial charge in [0.2, 0.25) is 10.3 Å². The fourth-order valence-electron chi connectivity index (χ4n) is 1.40. The molecule has 0 heterocycles. The van der Waals surface area contributed by atoms with Gasteiger partial charge in [0.15, 0.2) is 5.03 Å². The van der Waals surface area contributed by atoms with Gasteiger partial charge in [-0.15, -0.1) is 0 Å². The predicted octanol–water partition coefficient (Wildman–Crippen LogP) is -0.753. The van der Waals surface area contributed by atoms with Crippen molar-refractivity contribution in [3.8, 4) is 0 Å². The van der Waals surface area contributed by atoms with Crippen LogP contribution in [-0.2, 0) is 19.8 Å². The molecular weight excluding hydrogens is 264 g/mol. The second-order valence-corrected chi connectivity index (χ2v) is 4.09. The molecule has 8 nitrogen and oxygen atoms in total. The molecule has 1 aliphatic rings. The van der Waals surface area contributed by atoms with Crippen LogP contribution in [0.4, 0.5) is 0 Å². The van der Waals surface area contributed by atoms with Crippen molar-refractivity contribution in [3.63, 3.8) is 0 Å². The van der Waals surface area contributed by atoms with Crippen molar-refractivity contribution in [1.29, 1.82) is 0 Å². The number of hydrogen-bond acceptors (Lipinski definition) is 6. The Balaban J connectivity index is 3.13. The maximum Gasteiger partial charge on any atom is 0.309 e. The number of nitrogens with one attached hydrogen (secondary N) is 1. The highest BCUT2D eigenvalue weighted by Crippen LogP contribution is 2.15. The Morgan fingerprint density at radius 1 is 1.61 bits per heavy atom. The quantitative estimate of drug-likeness (QED) is 0.409. The lowest BCUT2D eigenvalue weighted by Crippen LogP contribution is -2.39. The third-order valence-electron chi connectivity index (χ3n) is 2.06. The van der Waals surface area contributed by atoms with Crippen LogP contribution in [0.15, 0.2) is 23.8 Å². The number of allylic oxidation sites excluding steroid dienone is 2. The summed E-state index contributed by atoms with van der Waals surface area (Å²) in [5.41, 5.74) is 1.32. The molecule has 0 spiro atoms. The van der Waals surface area contributed by atoms with Crippen LogP contribution in [0.3, 0.4) is 0 Å². The first-order valence-electron chi connectivity index (χ1n) is 4.88. The number of ether oxygens (including phenoxy) is 1. The Labute approximate surface area is 104 Å². The Bertz CT molecular complexity index is 552. The minimum atomic E-state index is -2.57. The molecule has 0 saturated heterocycles. The van der Waals surface area contributed by atoms with Crippen LogP contribution in [-0.4, -0.2) is 36.9 Å². The van der Waals surface area contributed by atoms with Crippen molar-refractivity contribution in [2.24, 2.45) is 0 Å². The number of carbonyl (C=O) groups excluding carboxylic acids is 1. The molecular formula is C9H10N2O6S. The molecule has 98 valence electrons. The van der Waals surface area contributed by atoms with Crippen LogP contribution in [0, 0.1) is 10.1 Å². The van der Waals surface area contributed by atoms with Gasteiger partial charge in [-0.2, -0.15) is 8.42 Å². The fraction of sp³-hybridized carbons (Fsp3) is 0.333. The molecule has 1 amide bonds. The SMILES string of the molecule is CCOC1C(C(=O)N[N+](=O)[O-])=CC=CC1=S(=O)=O. The van der Waals surface area contributed by atoms with Crippen molar-refractivity contribution < 1.29 is 23.0 Å². The van der Waals surface area contributed by atoms with Gasteiger partial charge in [0.05, 0.1) is 5.57 Å². The Kier molecular flexibility index (Phi) is 4.75. The van der Waals surface area contributed by atoms with Gasteiger partial charge in [-0.05, 0) is 13.0 Å². The summed E-state index contributed by atoms with van der Waals surface area (Å²) in [6.45, 7) is 1.77. The van der Waals surface area contributed by atoms with E-state index < -0.39 is 27.3 Å². The number of hydrogen-bond donors (Lipinski definition) is 1. The number of rotatable bonds is 4. The first kappa shape index (κ1) is 14.1. The van der Waals surface area contributed by atoms with E-state index in [0.717, 1.165) is 0 Å². The third kappa shape index (κ3) is 3.25. The summed E-state index contributed by atoms with van der Waals surface area (Å²) in [6.07, 6.45) is 2.73. The van der Waals surface area contributed by atoms with Gasteiger partial charge in [-0.1, -0.05) is 17.6 Å². The third-order valence-corrected chi connectivity index (χ3v) is 2.79. The van der Waals surface area contributed by atoms with E-state index in [-0.39, 0.29) is 17.0 Å². The van der Waals surface area contributed by atoms with E-state index in [4.69, 9.17) is 4.74 Å². The second kappa shape index (κ2) is 6.07. The van der Waals surface area contributed by atoms with Crippen molar-refractivity contribution in [3.05, 3.63) is 33.9 Å². The Morgan fingerprint density at radius 3 is 2.78 bits per heavy atom. The molecule has 9 heteroatoms. The average molecular weight is 274 g/mol. The topological polar surface area (TPSA) is 116 Å². The molecule has 1 rings (SSSR count). The molecule has 0 radical (unpaired) electrons. The van der Waals surface area contributed by atoms with Gasteiger partial charge in [0.1, 0.15) is 11.0 Å². The summed E-state index contributed by atoms with van der Waals surface area (Å²) in [6, 6.07) is 0. The smallest absolute Gasteiger partial charge is 0.309 e. The zero-order valence-corrected chi connectivity index (χ0v) is 10.1. The zero-order valence-electron chi connectivity index (χ0n) is 9.32. The van der Waals surface area contributed by atoms with E-state index in [1.807, 2.05) is 0 Å². The van der Waals surface area contributed by atoms with Crippen molar-refractivity contribution in [2.75, 3.05) is 6.61 Å². The van der Waals surface area contributed by atoms with E-state index in [1.54, 1.807) is 6.92 Å². The van der Waals surface area contributed by atoms with E-state index >= 15 is 0 Å². The second-order valence-electron chi connectivity index (χ2n) is 3.15. The van der Waals surface area contributed by atoms with Crippen molar-refractivity contribution in [1.82, 2.24) is 5.43 Å². The van der Waals surface area contributed by atoms with Crippen LogP contribution < -0.4 is 5.43 Å². The maximum absolute atomic E-state index is 11.5. The Hall–Kier alpha value is -2.00. The molecule has 1 unspecified atom stereocenters. The number of nitrogens with zero attached hydrogens (tertiary/aromatic N) is 1. The summed E-state index contributed by atoms with van der Waals surface area (Å²) >= 11 is 0. The summed E-state index contributed by atoms with van der Waals surface area (Å²) in [5.74, 6) is -1.01. The molecule has 0 aliphatic heterocycles. The predicted molar refractivity (Wildman–Crippen MR) is 61.7 cm³/mol. The molecule has 1 N–H and O–H groups in total. The fourth-order valence-corrected chi connectivity index (χ4v) is 1.96. The number of nitro groups is 1. The van der Waals surface area contributed by atoms with Crippen LogP contribution in [0.1, 0.15) is 6.92 Å². The molecule has 0 aromatic carbocycles. The number of carbonyl (C=O) groups is 1. The largest absolute Gasteiger partial charge is 0.368 e. The Morgan fingerprint density at radius 2 is 2.28 bits per heavy atom. The minimum Gasteiger partial charge on any atom is -0.368 e. The zero-order chi connectivity index (χ0) is 13.7. The van der Waals surface area contributed by atoms with E-state index in [0.29, 0.717) is 0 Å². The van der Waals surface area contributed by atoms with Gasteiger partial charge in [-0.25, -0.2) is 10.1 Å². The lowest BCUT2D eigenvalue weighted by atomic mass is 10.0. The normalized spacial score (nSPS) is 18.2. The standard InChI is InChI=1S/C9H10N2O6S/c1-2-17-8-6(9(12)10-11(13)14)4-3-5-7(8)18(15)16/h3-5,8H,2H2,1H3,(H,10,12). The van der Waals surface area contributed by atoms with Gasteiger partial charge in [-0.3, -0.25) is 4.79 Å². The summed E-state index contributed by atoms with van der Waals surface area (Å²) in [5, 5.41) is 9.18. The molecule has 1 atom stereocenters. The monoisotopic (exact) mass is 274 g/mol. The molecule has 0 fully saturated rings. The molecule has 1 aliphatic carbocycles. The minimum absolute atomic E-state index is 0.129. The van der Waals surface area contributed by atoms with Crippen LogP contribution in [0.5, 0.6) is 0 Å². The van der Waals surface area contributed by atoms with Gasteiger partial charge < -0.3 is 4.74 Å². The molecule has 0 aromatic rings. The van der Waals surface area contributed by atoms with E-state index in [2.05, 4.69) is 0 Å². The van der Waals surface area contributed by atoms with E-state index in [9.17, 15) is 23.3 Å². The highest BCUT2D eigenvalue weighted by atomic mass is 32.2. The van der Waals surface area contributed by atoms with E-state index in [1.165, 1.54) is 23.7 Å². The molecule has 18 heavy (non-hydrogen) atoms. The molecule has 0 aromatic heterocycles. The van der Waals surface area contributed by atoms with Gasteiger partial charge in [0.25, 0.3) is 0 Å². The number of hydrazine groups is 1. The van der Waals surface area contributed by atoms with Crippen LogP contribution >= 0.6 is 0 Å². The lowest BCUT2D eigenvalue weighted by Gasteiger charge is -2.19. The number of amides is 1. The highest BCUT2D eigenvalue weighted by Gasteiger charge is 2.29. The first-order valence-corrected chi connectivity index (χ1v) is 5.96. The summed E-state index contributed by atoms with van der Waals surface area (Å²) in [7, 11) is -2.57. The van der Waals surface area contributed by atoms with Gasteiger partial charge in [0, 0.05) is 6.61 Å². The van der Waals surface area contributed by atoms with Crippen LogP contribution in [0.25, 0.3) is 0 Å². The van der Waals surface area contributed by atoms with Gasteiger partial charge >= 0.3 is 5.91 Å². The first-order chi connectivity index (χ1) is 8.47. The van der Waals surface area contributed by atoms with Crippen LogP contribution in [0.2, 0.25) is 0 Å². The average Bonchev–Trinajstić information content (AvgIpc) is 2.28. The highest BCUT2D eigenvalue weighted by molar-refractivity contribution is 7.73. The molecule has 0 bridgehead atoms. The summed E-state index contributed by atoms with van der Waals surface area (Å²) in [4.78, 5) is 21.6. The van der Waals surface area contributed by atoms with Crippen molar-refractivity contribution in [2.45, 2.75) is 13.0 Å². The summed E-state index contributed by atoms with van der Waals surface area (Å²) < 4.78 is 27.1.